The summed E-state index contributed by atoms with van der Waals surface area (Å²) in [6, 6.07) is 13.5. The summed E-state index contributed by atoms with van der Waals surface area (Å²) < 4.78 is 26.5. The van der Waals surface area contributed by atoms with Crippen LogP contribution in [0.25, 0.3) is 0 Å². The van der Waals surface area contributed by atoms with E-state index in [1.807, 2.05) is 32.0 Å². The topological polar surface area (TPSA) is 86.8 Å². The maximum absolute atomic E-state index is 13.8. The number of carbonyl (C=O) groups excluding carboxylic acids is 2. The smallest absolute Gasteiger partial charge is 0.244 e. The minimum absolute atomic E-state index is 0.0948. The van der Waals surface area contributed by atoms with Crippen LogP contribution in [-0.4, -0.2) is 50.0 Å². The number of anilines is 1. The first-order valence-corrected chi connectivity index (χ1v) is 14.7. The molecule has 1 aliphatic carbocycles. The second-order valence-electron chi connectivity index (χ2n) is 9.49. The van der Waals surface area contributed by atoms with Crippen molar-refractivity contribution >= 4 is 39.1 Å². The number of aryl methyl sites for hydroxylation is 1. The van der Waals surface area contributed by atoms with E-state index in [1.165, 1.54) is 11.3 Å². The normalized spacial score (nSPS) is 15.2. The van der Waals surface area contributed by atoms with Crippen LogP contribution in [0.5, 0.6) is 0 Å². The SMILES string of the molecule is CC[C@H](C(=O)NC1CCCCC1)N(Cc1ccccc1Cl)C(=O)CN(c1cccc(C)c1)S(C)(=O)=O. The zero-order valence-corrected chi connectivity index (χ0v) is 22.8. The first kappa shape index (κ1) is 28.0. The van der Waals surface area contributed by atoms with Gasteiger partial charge in [0.1, 0.15) is 12.6 Å². The maximum Gasteiger partial charge on any atom is 0.244 e. The third kappa shape index (κ3) is 7.46. The summed E-state index contributed by atoms with van der Waals surface area (Å²) in [6.07, 6.45) is 6.63. The van der Waals surface area contributed by atoms with Gasteiger partial charge in [-0.25, -0.2) is 8.42 Å². The molecule has 2 aromatic carbocycles. The lowest BCUT2D eigenvalue weighted by molar-refractivity contribution is -0.140. The average Bonchev–Trinajstić information content (AvgIpc) is 2.83. The lowest BCUT2D eigenvalue weighted by Crippen LogP contribution is -2.54. The van der Waals surface area contributed by atoms with Gasteiger partial charge in [-0.1, -0.05) is 68.1 Å². The second kappa shape index (κ2) is 12.6. The zero-order valence-electron chi connectivity index (χ0n) is 21.2. The third-order valence-corrected chi connectivity index (χ3v) is 8.11. The predicted octanol–water partition coefficient (Wildman–Crippen LogP) is 4.67. The summed E-state index contributed by atoms with van der Waals surface area (Å²) in [5.74, 6) is -0.682. The minimum Gasteiger partial charge on any atom is -0.352 e. The van der Waals surface area contributed by atoms with E-state index >= 15 is 0 Å². The van der Waals surface area contributed by atoms with E-state index in [4.69, 9.17) is 11.6 Å². The highest BCUT2D eigenvalue weighted by atomic mass is 35.5. The first-order chi connectivity index (χ1) is 17.1. The highest BCUT2D eigenvalue weighted by molar-refractivity contribution is 7.92. The number of sulfonamides is 1. The molecule has 0 radical (unpaired) electrons. The van der Waals surface area contributed by atoms with Gasteiger partial charge >= 0.3 is 0 Å². The number of nitrogens with zero attached hydrogens (tertiary/aromatic N) is 2. The van der Waals surface area contributed by atoms with Gasteiger partial charge in [-0.2, -0.15) is 0 Å². The van der Waals surface area contributed by atoms with Crippen molar-refractivity contribution in [1.29, 1.82) is 0 Å². The van der Waals surface area contributed by atoms with Gasteiger partial charge in [0.05, 0.1) is 11.9 Å². The molecule has 3 rings (SSSR count). The zero-order chi connectivity index (χ0) is 26.3. The molecule has 7 nitrogen and oxygen atoms in total. The molecule has 0 aromatic heterocycles. The van der Waals surface area contributed by atoms with Crippen molar-refractivity contribution in [3.05, 3.63) is 64.7 Å². The molecule has 196 valence electrons. The number of amides is 2. The fraction of sp³-hybridized carbons (Fsp3) is 0.481. The van der Waals surface area contributed by atoms with E-state index in [9.17, 15) is 18.0 Å². The predicted molar refractivity (Wildman–Crippen MR) is 144 cm³/mol. The average molecular weight is 534 g/mol. The van der Waals surface area contributed by atoms with Crippen LogP contribution in [0.3, 0.4) is 0 Å². The highest BCUT2D eigenvalue weighted by Gasteiger charge is 2.33. The van der Waals surface area contributed by atoms with E-state index in [2.05, 4.69) is 5.32 Å². The summed E-state index contributed by atoms with van der Waals surface area (Å²) in [7, 11) is -3.76. The summed E-state index contributed by atoms with van der Waals surface area (Å²) in [5, 5.41) is 3.61. The summed E-state index contributed by atoms with van der Waals surface area (Å²) >= 11 is 6.40. The fourth-order valence-electron chi connectivity index (χ4n) is 4.67. The van der Waals surface area contributed by atoms with Crippen molar-refractivity contribution < 1.29 is 18.0 Å². The van der Waals surface area contributed by atoms with E-state index < -0.39 is 28.5 Å². The molecule has 9 heteroatoms. The maximum atomic E-state index is 13.8. The Morgan fingerprint density at radius 1 is 1.08 bits per heavy atom. The number of hydrogen-bond acceptors (Lipinski definition) is 4. The quantitative estimate of drug-likeness (QED) is 0.481. The summed E-state index contributed by atoms with van der Waals surface area (Å²) in [6.45, 7) is 3.39. The lowest BCUT2D eigenvalue weighted by Gasteiger charge is -2.34. The molecular weight excluding hydrogens is 498 g/mol. The molecule has 1 aliphatic rings. The molecule has 1 atom stereocenters. The number of halogens is 1. The Bertz CT molecular complexity index is 1170. The molecule has 2 aromatic rings. The van der Waals surface area contributed by atoms with E-state index in [1.54, 1.807) is 30.3 Å². The number of carbonyl (C=O) groups is 2. The van der Waals surface area contributed by atoms with Crippen molar-refractivity contribution in [2.24, 2.45) is 0 Å². The van der Waals surface area contributed by atoms with E-state index in [0.717, 1.165) is 41.8 Å². The number of nitrogens with one attached hydrogen (secondary N) is 1. The Labute approximate surface area is 219 Å². The van der Waals surface area contributed by atoms with Gasteiger partial charge < -0.3 is 10.2 Å². The first-order valence-electron chi connectivity index (χ1n) is 12.5. The summed E-state index contributed by atoms with van der Waals surface area (Å²) in [5.41, 5.74) is 1.97. The molecule has 0 bridgehead atoms. The van der Waals surface area contributed by atoms with Gasteiger partial charge in [0.2, 0.25) is 21.8 Å². The molecule has 0 saturated heterocycles. The minimum atomic E-state index is -3.76. The molecule has 1 saturated carbocycles. The van der Waals surface area contributed by atoms with Gasteiger partial charge in [0.25, 0.3) is 0 Å². The Morgan fingerprint density at radius 3 is 2.39 bits per heavy atom. The Kier molecular flexibility index (Phi) is 9.79. The van der Waals surface area contributed by atoms with Gasteiger partial charge in [0.15, 0.2) is 0 Å². The van der Waals surface area contributed by atoms with Crippen molar-refractivity contribution in [1.82, 2.24) is 10.2 Å². The Morgan fingerprint density at radius 2 is 1.78 bits per heavy atom. The van der Waals surface area contributed by atoms with Crippen LogP contribution in [0.1, 0.15) is 56.6 Å². The molecule has 0 unspecified atom stereocenters. The molecule has 1 N–H and O–H groups in total. The standard InChI is InChI=1S/C27H36ClN3O4S/c1-4-25(27(33)29-22-13-6-5-7-14-22)30(18-21-12-8-9-16-24(21)28)26(32)19-31(36(3,34)35)23-15-10-11-20(2)17-23/h8-12,15-17,22,25H,4-7,13-14,18-19H2,1-3H3,(H,29,33)/t25-/m1/s1. The third-order valence-electron chi connectivity index (χ3n) is 6.60. The molecule has 0 heterocycles. The van der Waals surface area contributed by atoms with Gasteiger partial charge in [-0.3, -0.25) is 13.9 Å². The second-order valence-corrected chi connectivity index (χ2v) is 11.8. The monoisotopic (exact) mass is 533 g/mol. The van der Waals surface area contributed by atoms with Crippen molar-refractivity contribution in [2.75, 3.05) is 17.1 Å². The van der Waals surface area contributed by atoms with Gasteiger partial charge in [0, 0.05) is 17.6 Å². The van der Waals surface area contributed by atoms with Crippen LogP contribution in [0.2, 0.25) is 5.02 Å². The van der Waals surface area contributed by atoms with Gasteiger partial charge in [-0.15, -0.1) is 0 Å². The van der Waals surface area contributed by atoms with Crippen molar-refractivity contribution in [3.8, 4) is 0 Å². The van der Waals surface area contributed by atoms with Crippen LogP contribution in [0, 0.1) is 6.92 Å². The van der Waals surface area contributed by atoms with Crippen LogP contribution in [-0.2, 0) is 26.2 Å². The van der Waals surface area contributed by atoms with Crippen LogP contribution < -0.4 is 9.62 Å². The Balaban J connectivity index is 1.92. The molecule has 0 aliphatic heterocycles. The largest absolute Gasteiger partial charge is 0.352 e. The van der Waals surface area contributed by atoms with Gasteiger partial charge in [-0.05, 0) is 55.5 Å². The number of rotatable bonds is 10. The molecule has 1 fully saturated rings. The number of benzene rings is 2. The van der Waals surface area contributed by atoms with Crippen LogP contribution >= 0.6 is 11.6 Å². The summed E-state index contributed by atoms with van der Waals surface area (Å²) in [4.78, 5) is 28.6. The number of hydrogen-bond donors (Lipinski definition) is 1. The van der Waals surface area contributed by atoms with Crippen molar-refractivity contribution in [2.45, 2.75) is 71.0 Å². The van der Waals surface area contributed by atoms with Crippen LogP contribution in [0.4, 0.5) is 5.69 Å². The van der Waals surface area contributed by atoms with Crippen molar-refractivity contribution in [3.63, 3.8) is 0 Å². The molecule has 36 heavy (non-hydrogen) atoms. The molecule has 0 spiro atoms. The van der Waals surface area contributed by atoms with E-state index in [-0.39, 0.29) is 18.5 Å². The lowest BCUT2D eigenvalue weighted by atomic mass is 9.95. The molecular formula is C27H36ClN3O4S. The van der Waals surface area contributed by atoms with Crippen LogP contribution in [0.15, 0.2) is 48.5 Å². The molecule has 2 amide bonds. The van der Waals surface area contributed by atoms with E-state index in [0.29, 0.717) is 22.7 Å². The Hall–Kier alpha value is -2.58. The fourth-order valence-corrected chi connectivity index (χ4v) is 5.71. The highest BCUT2D eigenvalue weighted by Crippen LogP contribution is 2.24.